The van der Waals surface area contributed by atoms with Gasteiger partial charge in [-0.2, -0.15) is 25.3 Å². The molecule has 0 aromatic rings. The van der Waals surface area contributed by atoms with Crippen LogP contribution in [-0.2, 0) is 62.2 Å². The number of cyclic esters (lactones) is 1. The molecular weight excluding hydrogens is 1310 g/mol. The number of aliphatic imine (C=N–C) groups is 2. The summed E-state index contributed by atoms with van der Waals surface area (Å²) in [5, 5.41) is 52.6. The summed E-state index contributed by atoms with van der Waals surface area (Å²) in [7, 11) is 0. The SMILES string of the molecule is CCCCCCCCCCCCC(O)[C@@H]1CC[C@@H]([C@H](CCCCC(=O)CCCCCCCC2=CC(C)OC2=O)N[C@@H](CS)C(=O)NCC(=O)N[C@@H](CCCN=C(N)N)C(=O)N[C@@H](CCCN=C(N)N)C(=O)N[C@@H](C)C(=O)NCC(=O)NCC(=O)N[C@@H](CO)C(=O)N[C@@H](CS)C(=O)O)O1. The minimum atomic E-state index is -1.57. The molecule has 33 heteroatoms. The van der Waals surface area contributed by atoms with E-state index in [4.69, 9.17) is 37.5 Å². The number of rotatable bonds is 56. The number of aliphatic hydroxyl groups is 2. The second-order valence-electron chi connectivity index (χ2n) is 25.1. The van der Waals surface area contributed by atoms with E-state index in [1.54, 1.807) is 0 Å². The van der Waals surface area contributed by atoms with Crippen molar-refractivity contribution in [2.75, 3.05) is 50.8 Å². The zero-order valence-electron chi connectivity index (χ0n) is 57.6. The Labute approximate surface area is 587 Å². The Morgan fingerprint density at radius 1 is 0.561 bits per heavy atom. The molecule has 98 heavy (non-hydrogen) atoms. The Hall–Kier alpha value is -6.81. The van der Waals surface area contributed by atoms with Crippen molar-refractivity contribution in [1.82, 2.24) is 47.9 Å². The number of guanidine groups is 2. The number of amides is 8. The number of aliphatic hydroxyl groups excluding tert-OH is 2. The summed E-state index contributed by atoms with van der Waals surface area (Å²) in [5.41, 5.74) is 22.8. The predicted octanol–water partition coefficient (Wildman–Crippen LogP) is 0.101. The van der Waals surface area contributed by atoms with Crippen molar-refractivity contribution in [2.45, 2.75) is 267 Å². The van der Waals surface area contributed by atoms with Crippen LogP contribution in [0.3, 0.4) is 0 Å². The number of carboxylic acids is 1. The van der Waals surface area contributed by atoms with Gasteiger partial charge in [-0.05, 0) is 97.0 Å². The zero-order valence-corrected chi connectivity index (χ0v) is 59.4. The number of ketones is 1. The molecule has 2 rings (SSSR count). The Bertz CT molecular complexity index is 2580. The molecule has 2 heterocycles. The molecule has 0 radical (unpaired) electrons. The molecule has 0 aromatic heterocycles. The lowest BCUT2D eigenvalue weighted by atomic mass is 9.97. The molecule has 8 amide bonds. The predicted molar refractivity (Wildman–Crippen MR) is 377 cm³/mol. The third-order valence-electron chi connectivity index (χ3n) is 16.7. The molecule has 2 aliphatic rings. The highest BCUT2D eigenvalue weighted by Gasteiger charge is 2.37. The van der Waals surface area contributed by atoms with Gasteiger partial charge in [-0.3, -0.25) is 58.5 Å². The van der Waals surface area contributed by atoms with Crippen LogP contribution in [0, 0.1) is 0 Å². The van der Waals surface area contributed by atoms with Gasteiger partial charge in [0.15, 0.2) is 11.9 Å². The number of nitrogens with two attached hydrogens (primary N) is 4. The zero-order chi connectivity index (χ0) is 72.8. The van der Waals surface area contributed by atoms with Crippen LogP contribution >= 0.6 is 25.3 Å². The second kappa shape index (κ2) is 51.4. The van der Waals surface area contributed by atoms with Gasteiger partial charge in [-0.25, -0.2) is 9.59 Å². The number of nitrogens with zero attached hydrogens (tertiary/aromatic N) is 2. The van der Waals surface area contributed by atoms with E-state index in [9.17, 15) is 63.0 Å². The number of Topliss-reactive ketones (excluding diaryl/α,β-unsaturated/α-hetero) is 1. The summed E-state index contributed by atoms with van der Waals surface area (Å²) in [6.45, 7) is 2.51. The van der Waals surface area contributed by atoms with E-state index in [0.29, 0.717) is 57.8 Å². The number of esters is 1. The van der Waals surface area contributed by atoms with Crippen LogP contribution in [0.5, 0.6) is 0 Å². The fourth-order valence-electron chi connectivity index (χ4n) is 11.1. The first-order valence-corrected chi connectivity index (χ1v) is 36.1. The topological polar surface area (TPSA) is 504 Å². The number of ether oxygens (including phenoxy) is 2. The summed E-state index contributed by atoms with van der Waals surface area (Å²) in [4.78, 5) is 150. The van der Waals surface area contributed by atoms with E-state index in [1.165, 1.54) is 51.9 Å². The van der Waals surface area contributed by atoms with Gasteiger partial charge in [0.25, 0.3) is 0 Å². The molecule has 0 aliphatic carbocycles. The maximum absolute atomic E-state index is 14.2. The van der Waals surface area contributed by atoms with Crippen LogP contribution in [0.15, 0.2) is 21.6 Å². The second-order valence-corrected chi connectivity index (χ2v) is 25.8. The Balaban J connectivity index is 2.13. The van der Waals surface area contributed by atoms with Crippen LogP contribution < -0.4 is 70.8 Å². The number of aliphatic carboxylic acids is 1. The molecule has 1 saturated heterocycles. The smallest absolute Gasteiger partial charge is 0.334 e. The van der Waals surface area contributed by atoms with Crippen molar-refractivity contribution in [3.63, 3.8) is 0 Å². The van der Waals surface area contributed by atoms with Gasteiger partial charge >= 0.3 is 11.9 Å². The van der Waals surface area contributed by atoms with Crippen molar-refractivity contribution in [3.8, 4) is 0 Å². The monoisotopic (exact) mass is 1430 g/mol. The van der Waals surface area contributed by atoms with Crippen molar-refractivity contribution < 1.29 is 77.5 Å². The summed E-state index contributed by atoms with van der Waals surface area (Å²) in [6.07, 6.45) is 21.9. The number of nitrogens with one attached hydrogen (secondary N) is 9. The van der Waals surface area contributed by atoms with Gasteiger partial charge in [0.1, 0.15) is 42.1 Å². The van der Waals surface area contributed by atoms with Gasteiger partial charge in [-0.15, -0.1) is 0 Å². The quantitative estimate of drug-likeness (QED) is 0.0126. The van der Waals surface area contributed by atoms with Crippen molar-refractivity contribution in [1.29, 1.82) is 0 Å². The third kappa shape index (κ3) is 38.5. The van der Waals surface area contributed by atoms with Gasteiger partial charge in [0, 0.05) is 49.1 Å². The summed E-state index contributed by atoms with van der Waals surface area (Å²) >= 11 is 8.36. The van der Waals surface area contributed by atoms with Crippen molar-refractivity contribution in [3.05, 3.63) is 11.6 Å². The van der Waals surface area contributed by atoms with E-state index in [0.717, 1.165) is 56.9 Å². The van der Waals surface area contributed by atoms with Gasteiger partial charge < -0.3 is 90.3 Å². The molecule has 2 unspecified atom stereocenters. The molecule has 1 fully saturated rings. The molecule has 11 atom stereocenters. The molecule has 2 aliphatic heterocycles. The molecule has 0 aromatic carbocycles. The fourth-order valence-corrected chi connectivity index (χ4v) is 11.6. The summed E-state index contributed by atoms with van der Waals surface area (Å²) in [5.74, 6) is -8.95. The van der Waals surface area contributed by atoms with Gasteiger partial charge in [0.2, 0.25) is 47.3 Å². The number of carbonyl (C=O) groups excluding carboxylic acids is 10. The minimum Gasteiger partial charge on any atom is -0.480 e. The number of hydrogen-bond donors (Lipinski definition) is 18. The lowest BCUT2D eigenvalue weighted by Crippen LogP contribution is -2.57. The van der Waals surface area contributed by atoms with Gasteiger partial charge in [0.05, 0.1) is 50.6 Å². The first kappa shape index (κ1) is 87.3. The molecule has 558 valence electrons. The Morgan fingerprint density at radius 2 is 1.04 bits per heavy atom. The Morgan fingerprint density at radius 3 is 1.60 bits per heavy atom. The first-order valence-electron chi connectivity index (χ1n) is 34.8. The fraction of sp³-hybridized carbons (Fsp3) is 0.769. The Kier molecular flexibility index (Phi) is 45.7. The molecule has 31 nitrogen and oxygen atoms in total. The number of hydrogen-bond acceptors (Lipinski definition) is 20. The van der Waals surface area contributed by atoms with Crippen LogP contribution in [0.25, 0.3) is 0 Å². The molecule has 20 N–H and O–H groups in total. The average molecular weight is 1430 g/mol. The first-order chi connectivity index (χ1) is 46.8. The number of thiol groups is 2. The summed E-state index contributed by atoms with van der Waals surface area (Å²) in [6, 6.07) is -8.32. The number of carboxylic acid groups (broad SMARTS) is 1. The third-order valence-corrected chi connectivity index (χ3v) is 17.4. The normalized spacial score (nSPS) is 17.4. The lowest BCUT2D eigenvalue weighted by Gasteiger charge is -2.30. The summed E-state index contributed by atoms with van der Waals surface area (Å²) < 4.78 is 11.7. The van der Waals surface area contributed by atoms with E-state index >= 15 is 0 Å². The standard InChI is InChI=1S/C65H115N15O16S2/c1-4-5-6-7-8-9-10-11-15-18-29-51(83)53-31-30-52(96-53)45(26-20-19-25-44(82)24-17-14-12-13-16-23-43-34-41(2)95-63(43)94)76-49(39-97)58(88)74-37-56(86)77-46(27-21-32-70-64(66)67)60(90)79-47(28-22-33-71-65(68)69)59(89)75-42(3)57(87)73-35-54(84)72-36-55(85)78-48(38-81)61(91)80-50(40-98)62(92)93/h34,41-42,45-53,76,81,83,97-98H,4-33,35-40H2,1-3H3,(H,72,84)(H,73,87)(H,74,88)(H,75,89)(H,77,86)(H,78,85)(H,79,90)(H,80,91)(H,92,93)(H4,66,67,70)(H4,68,69,71)/t41?,42-,45-,46-,47-,48-,49-,50-,51?,52-,53-/m0/s1. The molecule has 0 spiro atoms. The van der Waals surface area contributed by atoms with Crippen LogP contribution in [0.2, 0.25) is 0 Å². The maximum Gasteiger partial charge on any atom is 0.334 e. The van der Waals surface area contributed by atoms with Crippen LogP contribution in [-0.4, -0.2) is 210 Å². The van der Waals surface area contributed by atoms with E-state index < -0.39 is 128 Å². The molecule has 0 saturated carbocycles. The van der Waals surface area contributed by atoms with Crippen molar-refractivity contribution >= 4 is 102 Å². The van der Waals surface area contributed by atoms with E-state index in [2.05, 4.69) is 90.0 Å². The maximum atomic E-state index is 14.2. The van der Waals surface area contributed by atoms with Crippen molar-refractivity contribution in [2.24, 2.45) is 32.9 Å². The largest absolute Gasteiger partial charge is 0.480 e. The number of unbranched alkanes of at least 4 members (excludes halogenated alkanes) is 14. The molecule has 0 bridgehead atoms. The highest BCUT2D eigenvalue weighted by Crippen LogP contribution is 2.29. The average Bonchev–Trinajstić information content (AvgIpc) is 1.69. The van der Waals surface area contributed by atoms with E-state index in [-0.39, 0.29) is 92.2 Å². The number of carbonyl (C=O) groups is 11. The highest BCUT2D eigenvalue weighted by molar-refractivity contribution is 7.80. The minimum absolute atomic E-state index is 0.0109. The van der Waals surface area contributed by atoms with E-state index in [1.807, 2.05) is 13.0 Å². The van der Waals surface area contributed by atoms with Gasteiger partial charge in [-0.1, -0.05) is 96.8 Å². The lowest BCUT2D eigenvalue weighted by molar-refractivity contribution is -0.142. The highest BCUT2D eigenvalue weighted by atomic mass is 32.1. The van der Waals surface area contributed by atoms with Crippen LogP contribution in [0.4, 0.5) is 0 Å². The molecular formula is C65H115N15O16S2. The van der Waals surface area contributed by atoms with Crippen LogP contribution in [0.1, 0.15) is 201 Å².